The van der Waals surface area contributed by atoms with E-state index in [0.29, 0.717) is 12.8 Å². The summed E-state index contributed by atoms with van der Waals surface area (Å²) in [5.41, 5.74) is 5.18. The van der Waals surface area contributed by atoms with Crippen molar-refractivity contribution in [2.45, 2.75) is 70.4 Å². The number of fused-ring (bicyclic) bond motifs is 3. The molecular weight excluding hydrogens is 442 g/mol. The average molecular weight is 476 g/mol. The van der Waals surface area contributed by atoms with Crippen LogP contribution in [0.4, 0.5) is 10.5 Å². The van der Waals surface area contributed by atoms with Gasteiger partial charge in [-0.2, -0.15) is 0 Å². The number of rotatable bonds is 4. The standard InChI is InChI=1S/C28H33N3O4/c1-17-9-14-22-23(30(17)28(34)35-3)15-16-24-25(22)29-26(18(2)19-7-5-4-6-8-19)31(24)21-12-10-20(11-13-21)27(32)33/h4-8,15-18,20-21H,9-14H2,1-3H3,(H,32,33)/t17-,18-,20-,21-/m0/s1. The lowest BCUT2D eigenvalue weighted by Crippen LogP contribution is -2.42. The molecule has 184 valence electrons. The van der Waals surface area contributed by atoms with Gasteiger partial charge in [-0.3, -0.25) is 9.69 Å². The normalized spacial score (nSPS) is 23.1. The number of aliphatic carboxylic acids is 1. The minimum atomic E-state index is -0.692. The number of aromatic nitrogens is 2. The molecule has 7 nitrogen and oxygen atoms in total. The van der Waals surface area contributed by atoms with E-state index in [0.717, 1.165) is 53.8 Å². The second-order valence-electron chi connectivity index (χ2n) is 9.97. The second-order valence-corrected chi connectivity index (χ2v) is 9.97. The van der Waals surface area contributed by atoms with Gasteiger partial charge in [0.1, 0.15) is 5.82 Å². The molecule has 1 N–H and O–H groups in total. The van der Waals surface area contributed by atoms with Gasteiger partial charge in [-0.15, -0.1) is 0 Å². The first kappa shape index (κ1) is 23.4. The third-order valence-corrected chi connectivity index (χ3v) is 7.95. The van der Waals surface area contributed by atoms with Gasteiger partial charge in [0.15, 0.2) is 0 Å². The zero-order valence-electron chi connectivity index (χ0n) is 20.6. The first-order chi connectivity index (χ1) is 16.9. The molecule has 1 aromatic heterocycles. The summed E-state index contributed by atoms with van der Waals surface area (Å²) in [7, 11) is 1.42. The fourth-order valence-electron chi connectivity index (χ4n) is 5.95. The van der Waals surface area contributed by atoms with Crippen molar-refractivity contribution in [1.29, 1.82) is 0 Å². The predicted octanol–water partition coefficient (Wildman–Crippen LogP) is 5.91. The van der Waals surface area contributed by atoms with E-state index in [1.54, 1.807) is 4.90 Å². The van der Waals surface area contributed by atoms with Crippen molar-refractivity contribution in [3.05, 3.63) is 59.4 Å². The molecule has 7 heteroatoms. The van der Waals surface area contributed by atoms with Gasteiger partial charge in [-0.1, -0.05) is 37.3 Å². The van der Waals surface area contributed by atoms with Crippen LogP contribution in [0, 0.1) is 5.92 Å². The van der Waals surface area contributed by atoms with E-state index in [1.165, 1.54) is 12.7 Å². The van der Waals surface area contributed by atoms with Crippen LogP contribution in [-0.2, 0) is 16.0 Å². The number of amides is 1. The van der Waals surface area contributed by atoms with Crippen LogP contribution >= 0.6 is 0 Å². The summed E-state index contributed by atoms with van der Waals surface area (Å²) < 4.78 is 7.46. The third kappa shape index (κ3) is 4.07. The number of carboxylic acids is 1. The number of hydrogen-bond donors (Lipinski definition) is 1. The molecule has 1 amide bonds. The van der Waals surface area contributed by atoms with Gasteiger partial charge in [-0.25, -0.2) is 9.78 Å². The van der Waals surface area contributed by atoms with Crippen LogP contribution in [0.15, 0.2) is 42.5 Å². The van der Waals surface area contributed by atoms with Gasteiger partial charge >= 0.3 is 12.1 Å². The fourth-order valence-corrected chi connectivity index (χ4v) is 5.95. The number of nitrogens with zero attached hydrogens (tertiary/aromatic N) is 3. The number of carboxylic acid groups (broad SMARTS) is 1. The lowest BCUT2D eigenvalue weighted by atomic mass is 9.85. The largest absolute Gasteiger partial charge is 0.481 e. The summed E-state index contributed by atoms with van der Waals surface area (Å²) in [4.78, 5) is 31.2. The maximum Gasteiger partial charge on any atom is 0.414 e. The van der Waals surface area contributed by atoms with E-state index >= 15 is 0 Å². The van der Waals surface area contributed by atoms with Gasteiger partial charge in [-0.05, 0) is 63.1 Å². The molecule has 2 atom stereocenters. The molecular formula is C28H33N3O4. The minimum Gasteiger partial charge on any atom is -0.481 e. The molecule has 1 aliphatic carbocycles. The number of methoxy groups -OCH3 is 1. The molecule has 2 aliphatic rings. The monoisotopic (exact) mass is 475 g/mol. The lowest BCUT2D eigenvalue weighted by molar-refractivity contribution is -0.143. The Morgan fingerprint density at radius 1 is 1.06 bits per heavy atom. The van der Waals surface area contributed by atoms with Crippen molar-refractivity contribution < 1.29 is 19.4 Å². The quantitative estimate of drug-likeness (QED) is 0.507. The maximum atomic E-state index is 12.6. The Balaban J connectivity index is 1.65. The Labute approximate surface area is 205 Å². The number of benzene rings is 2. The molecule has 35 heavy (non-hydrogen) atoms. The van der Waals surface area contributed by atoms with Gasteiger partial charge in [0.2, 0.25) is 0 Å². The lowest BCUT2D eigenvalue weighted by Gasteiger charge is -2.34. The molecule has 3 aromatic rings. The summed E-state index contributed by atoms with van der Waals surface area (Å²) in [5, 5.41) is 9.50. The van der Waals surface area contributed by atoms with Crippen molar-refractivity contribution in [1.82, 2.24) is 9.55 Å². The van der Waals surface area contributed by atoms with Gasteiger partial charge in [0.05, 0.1) is 29.7 Å². The van der Waals surface area contributed by atoms with E-state index in [1.807, 2.05) is 31.2 Å². The van der Waals surface area contributed by atoms with Gasteiger partial charge in [0.25, 0.3) is 0 Å². The van der Waals surface area contributed by atoms with Crippen LogP contribution in [0.5, 0.6) is 0 Å². The van der Waals surface area contributed by atoms with Crippen molar-refractivity contribution in [2.75, 3.05) is 12.0 Å². The Morgan fingerprint density at radius 3 is 2.43 bits per heavy atom. The Hall–Kier alpha value is -3.35. The average Bonchev–Trinajstić information content (AvgIpc) is 3.28. The number of hydrogen-bond acceptors (Lipinski definition) is 4. The summed E-state index contributed by atoms with van der Waals surface area (Å²) in [6, 6.07) is 14.8. The van der Waals surface area contributed by atoms with Crippen molar-refractivity contribution in [2.24, 2.45) is 5.92 Å². The number of anilines is 1. The highest BCUT2D eigenvalue weighted by atomic mass is 16.5. The minimum absolute atomic E-state index is 0.0588. The molecule has 0 saturated heterocycles. The number of ether oxygens (including phenoxy) is 1. The van der Waals surface area contributed by atoms with E-state index in [9.17, 15) is 14.7 Å². The molecule has 0 unspecified atom stereocenters. The number of aryl methyl sites for hydroxylation is 1. The van der Waals surface area contributed by atoms with Crippen LogP contribution < -0.4 is 4.90 Å². The van der Waals surface area contributed by atoms with Crippen molar-refractivity contribution in [3.63, 3.8) is 0 Å². The highest BCUT2D eigenvalue weighted by Gasteiger charge is 2.34. The molecule has 0 radical (unpaired) electrons. The molecule has 0 bridgehead atoms. The molecule has 2 heterocycles. The van der Waals surface area contributed by atoms with Gasteiger partial charge < -0.3 is 14.4 Å². The molecule has 1 aliphatic heterocycles. The predicted molar refractivity (Wildman–Crippen MR) is 135 cm³/mol. The van der Waals surface area contributed by atoms with Crippen LogP contribution in [0.3, 0.4) is 0 Å². The molecule has 5 rings (SSSR count). The Kier molecular flexibility index (Phi) is 6.26. The summed E-state index contributed by atoms with van der Waals surface area (Å²) in [6.45, 7) is 4.23. The van der Waals surface area contributed by atoms with E-state index < -0.39 is 5.97 Å². The van der Waals surface area contributed by atoms with Crippen molar-refractivity contribution in [3.8, 4) is 0 Å². The molecule has 1 fully saturated rings. The summed E-state index contributed by atoms with van der Waals surface area (Å²) in [6.07, 6.45) is 4.35. The first-order valence-electron chi connectivity index (χ1n) is 12.6. The second kappa shape index (κ2) is 9.36. The van der Waals surface area contributed by atoms with E-state index in [2.05, 4.69) is 29.7 Å². The smallest absolute Gasteiger partial charge is 0.414 e. The third-order valence-electron chi connectivity index (χ3n) is 7.95. The van der Waals surface area contributed by atoms with Crippen molar-refractivity contribution >= 4 is 28.8 Å². The molecule has 0 spiro atoms. The molecule has 2 aromatic carbocycles. The topological polar surface area (TPSA) is 84.7 Å². The summed E-state index contributed by atoms with van der Waals surface area (Å²) >= 11 is 0. The number of carbonyl (C=O) groups excluding carboxylic acids is 1. The maximum absolute atomic E-state index is 12.6. The number of imidazole rings is 1. The van der Waals surface area contributed by atoms with Crippen LogP contribution in [0.2, 0.25) is 0 Å². The highest BCUT2D eigenvalue weighted by molar-refractivity contribution is 5.95. The van der Waals surface area contributed by atoms with Crippen LogP contribution in [0.25, 0.3) is 11.0 Å². The first-order valence-corrected chi connectivity index (χ1v) is 12.6. The number of carbonyl (C=O) groups is 2. The van der Waals surface area contributed by atoms with E-state index in [4.69, 9.17) is 9.72 Å². The van der Waals surface area contributed by atoms with E-state index in [-0.39, 0.29) is 30.0 Å². The van der Waals surface area contributed by atoms with Crippen LogP contribution in [0.1, 0.15) is 74.9 Å². The summed E-state index contributed by atoms with van der Waals surface area (Å²) in [5.74, 6) is 0.124. The molecule has 1 saturated carbocycles. The fraction of sp³-hybridized carbons (Fsp3) is 0.464. The van der Waals surface area contributed by atoms with Gasteiger partial charge in [0, 0.05) is 23.6 Å². The highest BCUT2D eigenvalue weighted by Crippen LogP contribution is 2.42. The Bertz CT molecular complexity index is 1240. The van der Waals surface area contributed by atoms with Crippen LogP contribution in [-0.4, -0.2) is 39.9 Å². The Morgan fingerprint density at radius 2 is 1.77 bits per heavy atom. The SMILES string of the molecule is COC(=O)N1c2ccc3c(nc([C@@H](C)c4ccccc4)n3[C@H]3CC[C@H](C(=O)O)CC3)c2CC[C@@H]1C. The zero-order chi connectivity index (χ0) is 24.7. The zero-order valence-corrected chi connectivity index (χ0v) is 20.6.